The molecule has 0 spiro atoms. The highest BCUT2D eigenvalue weighted by Gasteiger charge is 2.26. The molecule has 2 aromatic carbocycles. The number of carboxylic acids is 1. The molecule has 0 aliphatic heterocycles. The monoisotopic (exact) mass is 350 g/mol. The molecule has 130 valence electrons. The first-order valence-corrected chi connectivity index (χ1v) is 9.20. The number of carboxylic acid groups (broad SMARTS) is 1. The summed E-state index contributed by atoms with van der Waals surface area (Å²) in [4.78, 5) is 13.3. The molecule has 6 nitrogen and oxygen atoms in total. The van der Waals surface area contributed by atoms with Gasteiger partial charge < -0.3 is 10.0 Å². The number of fused-ring (bicyclic) bond motifs is 1. The van der Waals surface area contributed by atoms with Crippen molar-refractivity contribution in [1.82, 2.24) is 4.72 Å². The Hall–Kier alpha value is -2.12. The van der Waals surface area contributed by atoms with Crippen molar-refractivity contribution in [2.75, 3.05) is 19.0 Å². The summed E-state index contributed by atoms with van der Waals surface area (Å²) in [7, 11) is -0.175. The zero-order valence-corrected chi connectivity index (χ0v) is 14.8. The van der Waals surface area contributed by atoms with Gasteiger partial charge in [-0.3, -0.25) is 4.79 Å². The van der Waals surface area contributed by atoms with Gasteiger partial charge in [0.2, 0.25) is 10.0 Å². The molecule has 7 heteroatoms. The van der Waals surface area contributed by atoms with Gasteiger partial charge in [-0.2, -0.15) is 4.72 Å². The molecule has 24 heavy (non-hydrogen) atoms. The fraction of sp³-hybridized carbons (Fsp3) is 0.353. The van der Waals surface area contributed by atoms with Crippen molar-refractivity contribution in [3.05, 3.63) is 36.4 Å². The summed E-state index contributed by atoms with van der Waals surface area (Å²) in [5.74, 6) is -1.17. The molecule has 0 amide bonds. The predicted octanol–water partition coefficient (Wildman–Crippen LogP) is 2.44. The third kappa shape index (κ3) is 3.68. The van der Waals surface area contributed by atoms with E-state index in [2.05, 4.69) is 4.72 Å². The Labute approximate surface area is 142 Å². The first-order chi connectivity index (χ1) is 11.3. The summed E-state index contributed by atoms with van der Waals surface area (Å²) in [6, 6.07) is 9.30. The van der Waals surface area contributed by atoms with E-state index in [1.54, 1.807) is 18.2 Å². The minimum atomic E-state index is -3.95. The number of rotatable bonds is 7. The smallest absolute Gasteiger partial charge is 0.321 e. The minimum Gasteiger partial charge on any atom is -0.480 e. The zero-order valence-electron chi connectivity index (χ0n) is 14.0. The molecule has 2 rings (SSSR count). The third-order valence-electron chi connectivity index (χ3n) is 3.80. The molecule has 0 aliphatic rings. The second-order valence-corrected chi connectivity index (χ2v) is 7.51. The van der Waals surface area contributed by atoms with Gasteiger partial charge in [0, 0.05) is 30.6 Å². The van der Waals surface area contributed by atoms with Crippen LogP contribution in [0.4, 0.5) is 5.69 Å². The summed E-state index contributed by atoms with van der Waals surface area (Å²) >= 11 is 0. The normalized spacial score (nSPS) is 13.0. The summed E-state index contributed by atoms with van der Waals surface area (Å²) in [6.07, 6.45) is 0.808. The van der Waals surface area contributed by atoms with Crippen molar-refractivity contribution >= 4 is 32.5 Å². The fourth-order valence-electron chi connectivity index (χ4n) is 2.66. The lowest BCUT2D eigenvalue weighted by Crippen LogP contribution is -2.40. The van der Waals surface area contributed by atoms with E-state index < -0.39 is 22.0 Å². The van der Waals surface area contributed by atoms with Crippen LogP contribution >= 0.6 is 0 Å². The quantitative estimate of drug-likeness (QED) is 0.801. The number of hydrogen-bond donors (Lipinski definition) is 2. The van der Waals surface area contributed by atoms with E-state index in [0.717, 1.165) is 11.1 Å². The fourth-order valence-corrected chi connectivity index (χ4v) is 4.11. The standard InChI is InChI=1S/C17H22N2O4S/c1-4-7-14(17(20)21)18-24(22,23)16-11-6-8-12-13(16)9-5-10-15(12)19(2)3/h5-6,8-11,14,18H,4,7H2,1-3H3,(H,20,21)/t14-/m0/s1. The maximum absolute atomic E-state index is 12.7. The van der Waals surface area contributed by atoms with Gasteiger partial charge in [-0.25, -0.2) is 8.42 Å². The highest BCUT2D eigenvalue weighted by Crippen LogP contribution is 2.30. The van der Waals surface area contributed by atoms with E-state index in [-0.39, 0.29) is 11.3 Å². The van der Waals surface area contributed by atoms with Crippen LogP contribution in [-0.4, -0.2) is 39.6 Å². The number of carbonyl (C=O) groups is 1. The average Bonchev–Trinajstić information content (AvgIpc) is 2.52. The first kappa shape index (κ1) is 18.2. The molecule has 0 bridgehead atoms. The number of sulfonamides is 1. The van der Waals surface area contributed by atoms with Gasteiger partial charge >= 0.3 is 5.97 Å². The molecular formula is C17H22N2O4S. The molecule has 0 saturated carbocycles. The molecule has 0 saturated heterocycles. The maximum atomic E-state index is 12.7. The van der Waals surface area contributed by atoms with Crippen LogP contribution in [0.2, 0.25) is 0 Å². The van der Waals surface area contributed by atoms with Crippen LogP contribution in [0.25, 0.3) is 10.8 Å². The van der Waals surface area contributed by atoms with Crippen molar-refractivity contribution in [1.29, 1.82) is 0 Å². The van der Waals surface area contributed by atoms with Crippen LogP contribution in [0.1, 0.15) is 19.8 Å². The van der Waals surface area contributed by atoms with Crippen LogP contribution in [0.3, 0.4) is 0 Å². The van der Waals surface area contributed by atoms with Crippen LogP contribution in [0.15, 0.2) is 41.3 Å². The Balaban J connectivity index is 2.55. The zero-order chi connectivity index (χ0) is 17.9. The highest BCUT2D eigenvalue weighted by molar-refractivity contribution is 7.89. The lowest BCUT2D eigenvalue weighted by atomic mass is 10.1. The van der Waals surface area contributed by atoms with Crippen LogP contribution < -0.4 is 9.62 Å². The van der Waals surface area contributed by atoms with Crippen molar-refractivity contribution in [3.63, 3.8) is 0 Å². The Morgan fingerprint density at radius 2 is 1.79 bits per heavy atom. The van der Waals surface area contributed by atoms with Gasteiger partial charge in [0.15, 0.2) is 0 Å². The summed E-state index contributed by atoms with van der Waals surface area (Å²) in [5.41, 5.74) is 0.896. The SMILES string of the molecule is CCC[C@H](NS(=O)(=O)c1cccc2c(N(C)C)cccc12)C(=O)O. The van der Waals surface area contributed by atoms with E-state index >= 15 is 0 Å². The molecule has 1 atom stereocenters. The van der Waals surface area contributed by atoms with Gasteiger partial charge in [0.25, 0.3) is 0 Å². The highest BCUT2D eigenvalue weighted by atomic mass is 32.2. The topological polar surface area (TPSA) is 86.7 Å². The van der Waals surface area contributed by atoms with Crippen molar-refractivity contribution in [3.8, 4) is 0 Å². The van der Waals surface area contributed by atoms with Crippen molar-refractivity contribution in [2.24, 2.45) is 0 Å². The summed E-state index contributed by atoms with van der Waals surface area (Å²) < 4.78 is 27.8. The number of nitrogens with one attached hydrogen (secondary N) is 1. The van der Waals surface area contributed by atoms with Gasteiger partial charge in [-0.05, 0) is 18.6 Å². The van der Waals surface area contributed by atoms with E-state index in [1.807, 2.05) is 38.1 Å². The lowest BCUT2D eigenvalue weighted by molar-refractivity contribution is -0.139. The van der Waals surface area contributed by atoms with Gasteiger partial charge in [0.05, 0.1) is 4.90 Å². The van der Waals surface area contributed by atoms with E-state index in [9.17, 15) is 18.3 Å². The Morgan fingerprint density at radius 3 is 2.38 bits per heavy atom. The molecule has 0 unspecified atom stereocenters. The van der Waals surface area contributed by atoms with Gasteiger partial charge in [0.1, 0.15) is 6.04 Å². The number of nitrogens with zero attached hydrogens (tertiary/aromatic N) is 1. The third-order valence-corrected chi connectivity index (χ3v) is 5.33. The Bertz CT molecular complexity index is 847. The largest absolute Gasteiger partial charge is 0.480 e. The van der Waals surface area contributed by atoms with Gasteiger partial charge in [-0.1, -0.05) is 37.6 Å². The molecule has 0 aliphatic carbocycles. The molecule has 0 radical (unpaired) electrons. The number of benzene rings is 2. The number of hydrogen-bond acceptors (Lipinski definition) is 4. The van der Waals surface area contributed by atoms with E-state index in [1.165, 1.54) is 6.07 Å². The Morgan fingerprint density at radius 1 is 1.17 bits per heavy atom. The second-order valence-electron chi connectivity index (χ2n) is 5.82. The predicted molar refractivity (Wildman–Crippen MR) is 94.9 cm³/mol. The average molecular weight is 350 g/mol. The minimum absolute atomic E-state index is 0.0889. The summed E-state index contributed by atoms with van der Waals surface area (Å²) in [5, 5.41) is 10.6. The number of anilines is 1. The molecular weight excluding hydrogens is 328 g/mol. The van der Waals surface area contributed by atoms with Crippen molar-refractivity contribution < 1.29 is 18.3 Å². The Kier molecular flexibility index (Phi) is 5.46. The van der Waals surface area contributed by atoms with Crippen LogP contribution in [-0.2, 0) is 14.8 Å². The first-order valence-electron chi connectivity index (χ1n) is 7.72. The van der Waals surface area contributed by atoms with Crippen molar-refractivity contribution in [2.45, 2.75) is 30.7 Å². The van der Waals surface area contributed by atoms with Crippen LogP contribution in [0.5, 0.6) is 0 Å². The van der Waals surface area contributed by atoms with E-state index in [0.29, 0.717) is 11.8 Å². The second kappa shape index (κ2) is 7.19. The molecule has 0 fully saturated rings. The maximum Gasteiger partial charge on any atom is 0.321 e. The molecule has 0 heterocycles. The van der Waals surface area contributed by atoms with E-state index in [4.69, 9.17) is 0 Å². The molecule has 2 N–H and O–H groups in total. The number of aliphatic carboxylic acids is 1. The molecule has 0 aromatic heterocycles. The van der Waals surface area contributed by atoms with Crippen LogP contribution in [0, 0.1) is 0 Å². The molecule has 2 aromatic rings. The lowest BCUT2D eigenvalue weighted by Gasteiger charge is -2.18. The summed E-state index contributed by atoms with van der Waals surface area (Å²) in [6.45, 7) is 1.81. The van der Waals surface area contributed by atoms with Gasteiger partial charge in [-0.15, -0.1) is 0 Å².